The molecule has 118 valence electrons. The van der Waals surface area contributed by atoms with E-state index in [2.05, 4.69) is 20.8 Å². The van der Waals surface area contributed by atoms with Crippen molar-refractivity contribution in [2.45, 2.75) is 32.8 Å². The Bertz CT molecular complexity index is 722. The van der Waals surface area contributed by atoms with Crippen molar-refractivity contribution in [1.29, 1.82) is 0 Å². The first-order valence-corrected chi connectivity index (χ1v) is 7.58. The summed E-state index contributed by atoms with van der Waals surface area (Å²) in [5, 5.41) is 0.850. The molecule has 0 saturated heterocycles. The molecule has 1 aliphatic heterocycles. The van der Waals surface area contributed by atoms with Crippen LogP contribution in [0, 0.1) is 0 Å². The Kier molecular flexibility index (Phi) is 3.78. The fourth-order valence-electron chi connectivity index (χ4n) is 2.52. The van der Waals surface area contributed by atoms with Gasteiger partial charge in [-0.2, -0.15) is 0 Å². The van der Waals surface area contributed by atoms with Crippen LogP contribution in [0.3, 0.4) is 0 Å². The standard InChI is InChI=1S/C19H19NO3/c1-19(2,3)14-10-8-13(9-11-14)12-23-20-17(21)15-6-4-5-7-16(15)18(20)22/h4-11H,12H2,1-3H3. The van der Waals surface area contributed by atoms with Gasteiger partial charge in [0.25, 0.3) is 11.8 Å². The van der Waals surface area contributed by atoms with E-state index in [9.17, 15) is 9.59 Å². The van der Waals surface area contributed by atoms with Crippen molar-refractivity contribution in [1.82, 2.24) is 5.06 Å². The maximum Gasteiger partial charge on any atom is 0.285 e. The third kappa shape index (κ3) is 2.90. The fraction of sp³-hybridized carbons (Fsp3) is 0.263. The monoisotopic (exact) mass is 309 g/mol. The van der Waals surface area contributed by atoms with Crippen LogP contribution in [0.2, 0.25) is 0 Å². The van der Waals surface area contributed by atoms with E-state index in [-0.39, 0.29) is 12.0 Å². The van der Waals surface area contributed by atoms with E-state index >= 15 is 0 Å². The normalized spacial score (nSPS) is 14.3. The topological polar surface area (TPSA) is 46.6 Å². The molecule has 0 unspecified atom stereocenters. The van der Waals surface area contributed by atoms with Crippen molar-refractivity contribution < 1.29 is 14.4 Å². The lowest BCUT2D eigenvalue weighted by atomic mass is 9.87. The minimum absolute atomic E-state index is 0.0852. The van der Waals surface area contributed by atoms with Crippen LogP contribution < -0.4 is 0 Å². The predicted octanol–water partition coefficient (Wildman–Crippen LogP) is 3.71. The number of hydrogen-bond donors (Lipinski definition) is 0. The largest absolute Gasteiger partial charge is 0.285 e. The number of carbonyl (C=O) groups is 2. The van der Waals surface area contributed by atoms with Gasteiger partial charge in [-0.1, -0.05) is 57.2 Å². The van der Waals surface area contributed by atoms with Crippen molar-refractivity contribution in [3.05, 3.63) is 70.8 Å². The molecule has 0 atom stereocenters. The van der Waals surface area contributed by atoms with E-state index in [4.69, 9.17) is 4.84 Å². The van der Waals surface area contributed by atoms with Gasteiger partial charge in [0.05, 0.1) is 11.1 Å². The highest BCUT2D eigenvalue weighted by atomic mass is 16.7. The van der Waals surface area contributed by atoms with Crippen LogP contribution >= 0.6 is 0 Å². The molecule has 2 aromatic carbocycles. The lowest BCUT2D eigenvalue weighted by Crippen LogP contribution is -2.29. The molecule has 4 nitrogen and oxygen atoms in total. The van der Waals surface area contributed by atoms with Gasteiger partial charge in [-0.3, -0.25) is 14.4 Å². The molecule has 0 radical (unpaired) electrons. The Morgan fingerprint density at radius 2 is 1.39 bits per heavy atom. The third-order valence-corrected chi connectivity index (χ3v) is 3.94. The van der Waals surface area contributed by atoms with Crippen LogP contribution in [0.5, 0.6) is 0 Å². The third-order valence-electron chi connectivity index (χ3n) is 3.94. The van der Waals surface area contributed by atoms with Crippen LogP contribution in [-0.2, 0) is 16.9 Å². The Labute approximate surface area is 135 Å². The molecule has 4 heteroatoms. The lowest BCUT2D eigenvalue weighted by molar-refractivity contribution is -0.101. The minimum atomic E-state index is -0.406. The van der Waals surface area contributed by atoms with Crippen molar-refractivity contribution in [2.75, 3.05) is 0 Å². The smallest absolute Gasteiger partial charge is 0.266 e. The molecule has 0 bridgehead atoms. The van der Waals surface area contributed by atoms with Crippen LogP contribution in [0.25, 0.3) is 0 Å². The van der Waals surface area contributed by atoms with Crippen LogP contribution in [0.15, 0.2) is 48.5 Å². The Morgan fingerprint density at radius 1 is 0.870 bits per heavy atom. The van der Waals surface area contributed by atoms with E-state index < -0.39 is 11.8 Å². The molecule has 0 aliphatic carbocycles. The van der Waals surface area contributed by atoms with E-state index in [0.29, 0.717) is 11.1 Å². The SMILES string of the molecule is CC(C)(C)c1ccc(CON2C(=O)c3ccccc3C2=O)cc1. The summed E-state index contributed by atoms with van der Waals surface area (Å²) in [7, 11) is 0. The number of amides is 2. The van der Waals surface area contributed by atoms with Gasteiger partial charge in [-0.05, 0) is 28.7 Å². The van der Waals surface area contributed by atoms with Gasteiger partial charge in [0.15, 0.2) is 0 Å². The fourth-order valence-corrected chi connectivity index (χ4v) is 2.52. The van der Waals surface area contributed by atoms with E-state index in [0.717, 1.165) is 10.6 Å². The predicted molar refractivity (Wildman–Crippen MR) is 86.9 cm³/mol. The quantitative estimate of drug-likeness (QED) is 0.812. The van der Waals surface area contributed by atoms with Crippen LogP contribution in [-0.4, -0.2) is 16.9 Å². The Morgan fingerprint density at radius 3 is 1.87 bits per heavy atom. The average molecular weight is 309 g/mol. The van der Waals surface area contributed by atoms with E-state index in [1.807, 2.05) is 24.3 Å². The second-order valence-corrected chi connectivity index (χ2v) is 6.67. The average Bonchev–Trinajstić information content (AvgIpc) is 2.77. The molecule has 0 aromatic heterocycles. The zero-order chi connectivity index (χ0) is 16.6. The van der Waals surface area contributed by atoms with Crippen LogP contribution in [0.4, 0.5) is 0 Å². The number of rotatable bonds is 3. The molecular formula is C19H19NO3. The van der Waals surface area contributed by atoms with Gasteiger partial charge in [-0.25, -0.2) is 0 Å². The van der Waals surface area contributed by atoms with Gasteiger partial charge >= 0.3 is 0 Å². The highest BCUT2D eigenvalue weighted by Crippen LogP contribution is 2.25. The number of benzene rings is 2. The number of fused-ring (bicyclic) bond motifs is 1. The van der Waals surface area contributed by atoms with Gasteiger partial charge < -0.3 is 0 Å². The summed E-state index contributed by atoms with van der Waals surface area (Å²) < 4.78 is 0. The molecule has 0 saturated carbocycles. The van der Waals surface area contributed by atoms with Gasteiger partial charge in [0.2, 0.25) is 0 Å². The Hall–Kier alpha value is -2.46. The highest BCUT2D eigenvalue weighted by Gasteiger charge is 2.36. The van der Waals surface area contributed by atoms with Crippen molar-refractivity contribution in [3.63, 3.8) is 0 Å². The second-order valence-electron chi connectivity index (χ2n) is 6.67. The number of carbonyl (C=O) groups excluding carboxylic acids is 2. The minimum Gasteiger partial charge on any atom is -0.266 e. The molecule has 0 fully saturated rings. The molecular weight excluding hydrogens is 290 g/mol. The molecule has 0 spiro atoms. The number of nitrogens with zero attached hydrogens (tertiary/aromatic N) is 1. The number of hydrogen-bond acceptors (Lipinski definition) is 3. The summed E-state index contributed by atoms with van der Waals surface area (Å²) in [6.07, 6.45) is 0. The van der Waals surface area contributed by atoms with Crippen molar-refractivity contribution in [2.24, 2.45) is 0 Å². The summed E-state index contributed by atoms with van der Waals surface area (Å²) in [5.74, 6) is -0.811. The second kappa shape index (κ2) is 5.63. The maximum atomic E-state index is 12.2. The van der Waals surface area contributed by atoms with Crippen LogP contribution in [0.1, 0.15) is 52.6 Å². The molecule has 0 N–H and O–H groups in total. The first kappa shape index (κ1) is 15.4. The maximum absolute atomic E-state index is 12.2. The summed E-state index contributed by atoms with van der Waals surface area (Å²) in [6, 6.07) is 14.7. The molecule has 3 rings (SSSR count). The molecule has 1 heterocycles. The number of hydroxylamine groups is 2. The van der Waals surface area contributed by atoms with Gasteiger partial charge in [0.1, 0.15) is 6.61 Å². The van der Waals surface area contributed by atoms with E-state index in [1.54, 1.807) is 24.3 Å². The summed E-state index contributed by atoms with van der Waals surface area (Å²) >= 11 is 0. The molecule has 2 aromatic rings. The van der Waals surface area contributed by atoms with Gasteiger partial charge in [-0.15, -0.1) is 5.06 Å². The summed E-state index contributed by atoms with van der Waals surface area (Å²) in [6.45, 7) is 6.63. The highest BCUT2D eigenvalue weighted by molar-refractivity contribution is 6.20. The zero-order valence-electron chi connectivity index (χ0n) is 13.5. The first-order valence-electron chi connectivity index (χ1n) is 7.58. The number of imide groups is 1. The van der Waals surface area contributed by atoms with Crippen molar-refractivity contribution >= 4 is 11.8 Å². The lowest BCUT2D eigenvalue weighted by Gasteiger charge is -2.19. The Balaban J connectivity index is 1.70. The van der Waals surface area contributed by atoms with Crippen molar-refractivity contribution in [3.8, 4) is 0 Å². The van der Waals surface area contributed by atoms with E-state index in [1.165, 1.54) is 5.56 Å². The molecule has 2 amide bonds. The summed E-state index contributed by atoms with van der Waals surface area (Å²) in [5.41, 5.74) is 3.00. The molecule has 23 heavy (non-hydrogen) atoms. The van der Waals surface area contributed by atoms with Gasteiger partial charge in [0, 0.05) is 0 Å². The first-order chi connectivity index (χ1) is 10.9. The summed E-state index contributed by atoms with van der Waals surface area (Å²) in [4.78, 5) is 29.8. The molecule has 1 aliphatic rings. The zero-order valence-corrected chi connectivity index (χ0v) is 13.5.